The molecule has 2 saturated heterocycles. The monoisotopic (exact) mass is 595 g/mol. The van der Waals surface area contributed by atoms with Crippen LogP contribution in [0.2, 0.25) is 0 Å². The molecular weight excluding hydrogens is 555 g/mol. The molecule has 0 saturated carbocycles. The van der Waals surface area contributed by atoms with Crippen molar-refractivity contribution in [3.05, 3.63) is 77.5 Å². The third kappa shape index (κ3) is 7.60. The summed E-state index contributed by atoms with van der Waals surface area (Å²) in [5.74, 6) is 0.586. The fourth-order valence-electron chi connectivity index (χ4n) is 6.58. The Labute approximate surface area is 250 Å². The van der Waals surface area contributed by atoms with Crippen molar-refractivity contribution in [2.75, 3.05) is 39.3 Å². The zero-order chi connectivity index (χ0) is 30.4. The molecular formula is C33H40F3N5O2. The van der Waals surface area contributed by atoms with Crippen LogP contribution in [0.15, 0.2) is 60.8 Å². The molecule has 0 bridgehead atoms. The van der Waals surface area contributed by atoms with Gasteiger partial charge in [0.05, 0.1) is 5.56 Å². The van der Waals surface area contributed by atoms with E-state index in [2.05, 4.69) is 44.9 Å². The smallest absolute Gasteiger partial charge is 0.361 e. The number of aromatic nitrogens is 1. The summed E-state index contributed by atoms with van der Waals surface area (Å²) in [5, 5.41) is 7.16. The summed E-state index contributed by atoms with van der Waals surface area (Å²) < 4.78 is 39.1. The predicted molar refractivity (Wildman–Crippen MR) is 162 cm³/mol. The van der Waals surface area contributed by atoms with E-state index in [9.17, 15) is 22.8 Å². The molecule has 2 aliphatic rings. The highest BCUT2D eigenvalue weighted by atomic mass is 19.4. The van der Waals surface area contributed by atoms with Crippen molar-refractivity contribution in [1.82, 2.24) is 25.4 Å². The molecule has 0 aliphatic carbocycles. The fraction of sp³-hybridized carbons (Fsp3) is 0.455. The van der Waals surface area contributed by atoms with Crippen molar-refractivity contribution in [3.8, 4) is 0 Å². The molecule has 2 aromatic carbocycles. The Kier molecular flexibility index (Phi) is 9.75. The molecule has 0 spiro atoms. The van der Waals surface area contributed by atoms with Crippen LogP contribution in [-0.2, 0) is 11.0 Å². The molecule has 3 heterocycles. The normalized spacial score (nSPS) is 18.3. The van der Waals surface area contributed by atoms with Crippen LogP contribution < -0.4 is 10.6 Å². The Morgan fingerprint density at radius 2 is 1.74 bits per heavy atom. The van der Waals surface area contributed by atoms with Crippen molar-refractivity contribution in [3.63, 3.8) is 0 Å². The molecule has 10 heteroatoms. The average molecular weight is 596 g/mol. The third-order valence-corrected chi connectivity index (χ3v) is 8.90. The van der Waals surface area contributed by atoms with E-state index in [4.69, 9.17) is 0 Å². The number of carbonyl (C=O) groups excluding carboxylic acids is 2. The predicted octanol–water partition coefficient (Wildman–Crippen LogP) is 6.01. The molecule has 7 nitrogen and oxygen atoms in total. The van der Waals surface area contributed by atoms with Crippen molar-refractivity contribution >= 4 is 28.9 Å². The van der Waals surface area contributed by atoms with Gasteiger partial charge in [-0.1, -0.05) is 30.3 Å². The molecule has 3 aromatic rings. The number of rotatable bonds is 8. The number of aromatic amines is 1. The van der Waals surface area contributed by atoms with Crippen LogP contribution in [0.25, 0.3) is 17.0 Å². The van der Waals surface area contributed by atoms with E-state index in [0.717, 1.165) is 56.4 Å². The molecule has 3 amide bonds. The van der Waals surface area contributed by atoms with Crippen LogP contribution in [0.1, 0.15) is 55.2 Å². The number of urea groups is 1. The number of benzene rings is 2. The maximum absolute atomic E-state index is 13.0. The van der Waals surface area contributed by atoms with Gasteiger partial charge >= 0.3 is 12.2 Å². The van der Waals surface area contributed by atoms with Crippen molar-refractivity contribution in [2.24, 2.45) is 5.92 Å². The summed E-state index contributed by atoms with van der Waals surface area (Å²) in [7, 11) is 0. The second kappa shape index (κ2) is 13.7. The highest BCUT2D eigenvalue weighted by molar-refractivity contribution is 5.91. The Morgan fingerprint density at radius 1 is 1.00 bits per heavy atom. The summed E-state index contributed by atoms with van der Waals surface area (Å²) >= 11 is 0. The molecule has 43 heavy (non-hydrogen) atoms. The zero-order valence-electron chi connectivity index (χ0n) is 24.5. The summed E-state index contributed by atoms with van der Waals surface area (Å²) in [6, 6.07) is 13.4. The van der Waals surface area contributed by atoms with E-state index in [-0.39, 0.29) is 18.0 Å². The van der Waals surface area contributed by atoms with E-state index >= 15 is 0 Å². The number of alkyl halides is 3. The van der Waals surface area contributed by atoms with Gasteiger partial charge in [-0.25, -0.2) is 4.79 Å². The molecule has 1 aromatic heterocycles. The first-order valence-electron chi connectivity index (χ1n) is 15.2. The summed E-state index contributed by atoms with van der Waals surface area (Å²) in [5.41, 5.74) is 2.14. The molecule has 2 aliphatic heterocycles. The average Bonchev–Trinajstić information content (AvgIpc) is 3.45. The maximum Gasteiger partial charge on any atom is 0.416 e. The number of amides is 3. The Hall–Kier alpha value is -3.79. The number of H-pyrrole nitrogens is 1. The van der Waals surface area contributed by atoms with Gasteiger partial charge in [-0.3, -0.25) is 9.69 Å². The Bertz CT molecular complexity index is 1420. The van der Waals surface area contributed by atoms with Gasteiger partial charge < -0.3 is 20.5 Å². The lowest BCUT2D eigenvalue weighted by Crippen LogP contribution is -2.54. The van der Waals surface area contributed by atoms with E-state index in [1.165, 1.54) is 29.2 Å². The highest BCUT2D eigenvalue weighted by Crippen LogP contribution is 2.35. The lowest BCUT2D eigenvalue weighted by molar-refractivity contribution is -0.137. The van der Waals surface area contributed by atoms with Gasteiger partial charge in [0.15, 0.2) is 0 Å². The van der Waals surface area contributed by atoms with Crippen LogP contribution in [0.5, 0.6) is 0 Å². The van der Waals surface area contributed by atoms with Crippen LogP contribution >= 0.6 is 0 Å². The Balaban J connectivity index is 1.19. The number of hydrogen-bond donors (Lipinski definition) is 3. The molecule has 1 unspecified atom stereocenters. The first kappa shape index (κ1) is 30.7. The maximum atomic E-state index is 13.0. The number of fused-ring (bicyclic) bond motifs is 1. The number of nitrogens with zero attached hydrogens (tertiary/aromatic N) is 2. The SMILES string of the molecule is CCNC(=O)NCC(C1CCN(C(=O)/C=C/c2cccc(C(F)(F)F)c2)CC1)N1CCC(c2c[nH]c3ccccc23)CC1. The van der Waals surface area contributed by atoms with Gasteiger partial charge in [0.2, 0.25) is 5.91 Å². The van der Waals surface area contributed by atoms with Gasteiger partial charge in [0.25, 0.3) is 0 Å². The van der Waals surface area contributed by atoms with Crippen LogP contribution in [0, 0.1) is 5.92 Å². The molecule has 230 valence electrons. The standard InChI is InChI=1S/C33H40F3N5O2/c1-2-37-32(43)39-22-30(40-16-12-24(13-17-40)28-21-38-29-9-4-3-8-27(28)29)25-14-18-41(19-15-25)31(42)11-10-23-6-5-7-26(20-23)33(34,35)36/h3-11,20-21,24-25,30,38H,2,12-19,22H2,1H3,(H2,37,39,43)/b11-10+. The van der Waals surface area contributed by atoms with Gasteiger partial charge in [0, 0.05) is 55.4 Å². The number of likely N-dealkylation sites (tertiary alicyclic amines) is 2. The van der Waals surface area contributed by atoms with E-state index in [1.807, 2.05) is 13.0 Å². The number of nitrogens with one attached hydrogen (secondary N) is 3. The largest absolute Gasteiger partial charge is 0.416 e. The fourth-order valence-corrected chi connectivity index (χ4v) is 6.58. The number of hydrogen-bond acceptors (Lipinski definition) is 3. The zero-order valence-corrected chi connectivity index (χ0v) is 24.5. The minimum absolute atomic E-state index is 0.157. The lowest BCUT2D eigenvalue weighted by Gasteiger charge is -2.44. The first-order chi connectivity index (χ1) is 20.7. The number of carbonyl (C=O) groups is 2. The minimum Gasteiger partial charge on any atom is -0.361 e. The summed E-state index contributed by atoms with van der Waals surface area (Å²) in [6.07, 6.45) is 4.20. The quantitative estimate of drug-likeness (QED) is 0.279. The van der Waals surface area contributed by atoms with Gasteiger partial charge in [-0.05, 0) is 92.9 Å². The minimum atomic E-state index is -4.43. The molecule has 2 fully saturated rings. The molecule has 5 rings (SSSR count). The molecule has 0 radical (unpaired) electrons. The van der Waals surface area contributed by atoms with Gasteiger partial charge in [-0.2, -0.15) is 13.2 Å². The third-order valence-electron chi connectivity index (χ3n) is 8.90. The van der Waals surface area contributed by atoms with Crippen molar-refractivity contribution in [1.29, 1.82) is 0 Å². The van der Waals surface area contributed by atoms with Crippen molar-refractivity contribution in [2.45, 2.75) is 50.7 Å². The first-order valence-corrected chi connectivity index (χ1v) is 15.2. The van der Waals surface area contributed by atoms with Crippen LogP contribution in [0.3, 0.4) is 0 Å². The van der Waals surface area contributed by atoms with Crippen LogP contribution in [0.4, 0.5) is 18.0 Å². The summed E-state index contributed by atoms with van der Waals surface area (Å²) in [4.78, 5) is 32.9. The molecule has 1 atom stereocenters. The highest BCUT2D eigenvalue weighted by Gasteiger charge is 2.35. The number of piperidine rings is 2. The Morgan fingerprint density at radius 3 is 2.47 bits per heavy atom. The van der Waals surface area contributed by atoms with E-state index in [1.54, 1.807) is 11.0 Å². The second-order valence-electron chi connectivity index (χ2n) is 11.5. The molecule has 3 N–H and O–H groups in total. The van der Waals surface area contributed by atoms with E-state index < -0.39 is 11.7 Å². The van der Waals surface area contributed by atoms with Gasteiger partial charge in [-0.15, -0.1) is 0 Å². The number of para-hydroxylation sites is 1. The van der Waals surface area contributed by atoms with Gasteiger partial charge in [0.1, 0.15) is 0 Å². The topological polar surface area (TPSA) is 80.5 Å². The second-order valence-corrected chi connectivity index (χ2v) is 11.5. The lowest BCUT2D eigenvalue weighted by atomic mass is 9.84. The van der Waals surface area contributed by atoms with Crippen molar-refractivity contribution < 1.29 is 22.8 Å². The number of halogens is 3. The van der Waals surface area contributed by atoms with Crippen LogP contribution in [-0.4, -0.2) is 72.0 Å². The summed E-state index contributed by atoms with van der Waals surface area (Å²) in [6.45, 7) is 5.99. The van der Waals surface area contributed by atoms with E-state index in [0.29, 0.717) is 43.6 Å².